The Hall–Kier alpha value is -0.480. The number of halogens is 1. The second-order valence-corrected chi connectivity index (χ2v) is 6.15. The Bertz CT molecular complexity index is 279. The van der Waals surface area contributed by atoms with Gasteiger partial charge in [0.1, 0.15) is 5.60 Å². The molecule has 2 saturated heterocycles. The zero-order valence-corrected chi connectivity index (χ0v) is 12.4. The number of likely N-dealkylation sites (tertiary alicyclic amines) is 1. The molecule has 1 unspecified atom stereocenters. The number of hydrogen-bond acceptors (Lipinski definition) is 3. The van der Waals surface area contributed by atoms with Crippen LogP contribution in [0.5, 0.6) is 0 Å². The number of amides is 1. The molecule has 0 aromatic heterocycles. The average molecular weight is 277 g/mol. The first-order chi connectivity index (χ1) is 7.96. The van der Waals surface area contributed by atoms with Gasteiger partial charge in [0.25, 0.3) is 0 Å². The Morgan fingerprint density at radius 2 is 1.78 bits per heavy atom. The van der Waals surface area contributed by atoms with Crippen molar-refractivity contribution in [1.82, 2.24) is 10.2 Å². The summed E-state index contributed by atoms with van der Waals surface area (Å²) in [5, 5.41) is 3.46. The summed E-state index contributed by atoms with van der Waals surface area (Å²) in [7, 11) is 0. The molecule has 1 atom stereocenters. The number of piperidine rings is 1. The molecule has 2 aliphatic rings. The van der Waals surface area contributed by atoms with Crippen LogP contribution in [0.25, 0.3) is 0 Å². The van der Waals surface area contributed by atoms with Crippen molar-refractivity contribution in [2.75, 3.05) is 19.6 Å². The highest BCUT2D eigenvalue weighted by atomic mass is 35.5. The molecular formula is C13H25ClN2O2. The van der Waals surface area contributed by atoms with Crippen LogP contribution in [0.3, 0.4) is 0 Å². The van der Waals surface area contributed by atoms with E-state index in [0.717, 1.165) is 38.4 Å². The third-order valence-electron chi connectivity index (χ3n) is 3.62. The average Bonchev–Trinajstić information content (AvgIpc) is 2.13. The largest absolute Gasteiger partial charge is 0.444 e. The lowest BCUT2D eigenvalue weighted by Gasteiger charge is -2.40. The topological polar surface area (TPSA) is 41.6 Å². The number of carbonyl (C=O) groups excluding carboxylic acids is 1. The van der Waals surface area contributed by atoms with Crippen LogP contribution >= 0.6 is 12.4 Å². The number of ether oxygens (including phenoxy) is 1. The fraction of sp³-hybridized carbons (Fsp3) is 0.923. The summed E-state index contributed by atoms with van der Waals surface area (Å²) in [6, 6.07) is 0.704. The standard InChI is InChI=1S/C13H24N2O2.ClH/c1-13(2,3)17-12(16)15-8-5-10(6-9-15)11-4-7-14-11;/h10-11,14H,4-9H2,1-3H3;1H. The van der Waals surface area contributed by atoms with Crippen molar-refractivity contribution in [3.63, 3.8) is 0 Å². The summed E-state index contributed by atoms with van der Waals surface area (Å²) in [4.78, 5) is 13.7. The number of nitrogens with zero attached hydrogens (tertiary/aromatic N) is 1. The molecule has 2 rings (SSSR count). The van der Waals surface area contributed by atoms with Crippen molar-refractivity contribution in [1.29, 1.82) is 0 Å². The van der Waals surface area contributed by atoms with Crippen molar-refractivity contribution in [3.05, 3.63) is 0 Å². The maximum Gasteiger partial charge on any atom is 0.410 e. The van der Waals surface area contributed by atoms with Crippen molar-refractivity contribution < 1.29 is 9.53 Å². The van der Waals surface area contributed by atoms with Crippen LogP contribution in [-0.2, 0) is 4.74 Å². The van der Waals surface area contributed by atoms with Crippen LogP contribution < -0.4 is 5.32 Å². The van der Waals surface area contributed by atoms with E-state index in [1.807, 2.05) is 25.7 Å². The van der Waals surface area contributed by atoms with Crippen LogP contribution in [-0.4, -0.2) is 42.3 Å². The zero-order chi connectivity index (χ0) is 12.5. The molecule has 0 spiro atoms. The first kappa shape index (κ1) is 15.6. The highest BCUT2D eigenvalue weighted by molar-refractivity contribution is 5.85. The molecule has 2 heterocycles. The highest BCUT2D eigenvalue weighted by Crippen LogP contribution is 2.26. The molecule has 106 valence electrons. The number of carbonyl (C=O) groups is 1. The van der Waals surface area contributed by atoms with E-state index in [0.29, 0.717) is 6.04 Å². The summed E-state index contributed by atoms with van der Waals surface area (Å²) in [5.74, 6) is 0.752. The zero-order valence-electron chi connectivity index (χ0n) is 11.6. The van der Waals surface area contributed by atoms with Gasteiger partial charge < -0.3 is 15.0 Å². The van der Waals surface area contributed by atoms with E-state index in [-0.39, 0.29) is 24.1 Å². The quantitative estimate of drug-likeness (QED) is 0.800. The Balaban J connectivity index is 0.00000162. The molecule has 0 aromatic rings. The molecule has 4 nitrogen and oxygen atoms in total. The monoisotopic (exact) mass is 276 g/mol. The maximum atomic E-state index is 11.9. The molecule has 2 aliphatic heterocycles. The molecule has 0 saturated carbocycles. The fourth-order valence-corrected chi connectivity index (χ4v) is 2.52. The van der Waals surface area contributed by atoms with Crippen molar-refractivity contribution in [2.24, 2.45) is 5.92 Å². The predicted molar refractivity (Wildman–Crippen MR) is 74.2 cm³/mol. The third kappa shape index (κ3) is 4.02. The molecule has 0 bridgehead atoms. The normalized spacial score (nSPS) is 25.1. The van der Waals surface area contributed by atoms with E-state index < -0.39 is 0 Å². The van der Waals surface area contributed by atoms with Crippen LogP contribution in [0.4, 0.5) is 4.79 Å². The van der Waals surface area contributed by atoms with E-state index in [1.165, 1.54) is 6.42 Å². The second kappa shape index (κ2) is 6.11. The van der Waals surface area contributed by atoms with Gasteiger partial charge >= 0.3 is 6.09 Å². The number of nitrogens with one attached hydrogen (secondary N) is 1. The van der Waals surface area contributed by atoms with Gasteiger partial charge in [0.05, 0.1) is 0 Å². The van der Waals surface area contributed by atoms with Gasteiger partial charge in [-0.25, -0.2) is 4.79 Å². The minimum Gasteiger partial charge on any atom is -0.444 e. The van der Waals surface area contributed by atoms with Crippen LogP contribution in [0.2, 0.25) is 0 Å². The second-order valence-electron chi connectivity index (χ2n) is 6.15. The van der Waals surface area contributed by atoms with Crippen LogP contribution in [0.15, 0.2) is 0 Å². The minimum atomic E-state index is -0.385. The first-order valence-electron chi connectivity index (χ1n) is 6.67. The molecule has 0 aromatic carbocycles. The van der Waals surface area contributed by atoms with Gasteiger partial charge in [-0.1, -0.05) is 0 Å². The van der Waals surface area contributed by atoms with Crippen molar-refractivity contribution in [2.45, 2.75) is 51.7 Å². The Kier molecular flexibility index (Phi) is 5.29. The molecule has 0 radical (unpaired) electrons. The number of hydrogen-bond donors (Lipinski definition) is 1. The smallest absolute Gasteiger partial charge is 0.410 e. The molecule has 1 amide bonds. The van der Waals surface area contributed by atoms with Gasteiger partial charge in [0.15, 0.2) is 0 Å². The Morgan fingerprint density at radius 1 is 1.22 bits per heavy atom. The summed E-state index contributed by atoms with van der Waals surface area (Å²) < 4.78 is 5.38. The van der Waals surface area contributed by atoms with Crippen LogP contribution in [0.1, 0.15) is 40.0 Å². The van der Waals surface area contributed by atoms with Gasteiger partial charge in [0, 0.05) is 19.1 Å². The molecule has 2 fully saturated rings. The minimum absolute atomic E-state index is 0. The van der Waals surface area contributed by atoms with Gasteiger partial charge in [-0.05, 0) is 52.5 Å². The Morgan fingerprint density at radius 3 is 2.17 bits per heavy atom. The van der Waals surface area contributed by atoms with E-state index in [4.69, 9.17) is 4.74 Å². The van der Waals surface area contributed by atoms with Gasteiger partial charge in [0.2, 0.25) is 0 Å². The third-order valence-corrected chi connectivity index (χ3v) is 3.62. The molecule has 18 heavy (non-hydrogen) atoms. The van der Waals surface area contributed by atoms with Gasteiger partial charge in [-0.2, -0.15) is 0 Å². The maximum absolute atomic E-state index is 11.9. The van der Waals surface area contributed by atoms with Gasteiger partial charge in [-0.3, -0.25) is 0 Å². The highest BCUT2D eigenvalue weighted by Gasteiger charge is 2.32. The van der Waals surface area contributed by atoms with Gasteiger partial charge in [-0.15, -0.1) is 12.4 Å². The molecule has 0 aliphatic carbocycles. The fourth-order valence-electron chi connectivity index (χ4n) is 2.52. The lowest BCUT2D eigenvalue weighted by atomic mass is 9.84. The summed E-state index contributed by atoms with van der Waals surface area (Å²) >= 11 is 0. The van der Waals surface area contributed by atoms with E-state index >= 15 is 0 Å². The molecule has 1 N–H and O–H groups in total. The van der Waals surface area contributed by atoms with Crippen molar-refractivity contribution >= 4 is 18.5 Å². The lowest BCUT2D eigenvalue weighted by Crippen LogP contribution is -2.52. The summed E-state index contributed by atoms with van der Waals surface area (Å²) in [6.45, 7) is 8.59. The van der Waals surface area contributed by atoms with E-state index in [9.17, 15) is 4.79 Å². The van der Waals surface area contributed by atoms with Crippen LogP contribution in [0, 0.1) is 5.92 Å². The SMILES string of the molecule is CC(C)(C)OC(=O)N1CCC(C2CCN2)CC1.Cl. The summed E-state index contributed by atoms with van der Waals surface area (Å²) in [5.41, 5.74) is -0.385. The summed E-state index contributed by atoms with van der Waals surface area (Å²) in [6.07, 6.45) is 3.36. The number of rotatable bonds is 1. The predicted octanol–water partition coefficient (Wildman–Crippen LogP) is 2.42. The van der Waals surface area contributed by atoms with E-state index in [1.54, 1.807) is 0 Å². The molecule has 5 heteroatoms. The lowest BCUT2D eigenvalue weighted by molar-refractivity contribution is 0.0156. The van der Waals surface area contributed by atoms with E-state index in [2.05, 4.69) is 5.32 Å². The van der Waals surface area contributed by atoms with Crippen molar-refractivity contribution in [3.8, 4) is 0 Å². The first-order valence-corrected chi connectivity index (χ1v) is 6.67. The Labute approximate surface area is 116 Å². The molecular weight excluding hydrogens is 252 g/mol.